The third-order valence-electron chi connectivity index (χ3n) is 4.53. The first-order valence-corrected chi connectivity index (χ1v) is 9.13. The van der Waals surface area contributed by atoms with E-state index in [1.807, 2.05) is 24.3 Å². The highest BCUT2D eigenvalue weighted by Gasteiger charge is 2.25. The fourth-order valence-electron chi connectivity index (χ4n) is 3.04. The molecule has 27 heavy (non-hydrogen) atoms. The summed E-state index contributed by atoms with van der Waals surface area (Å²) in [6.45, 7) is 0.513. The van der Waals surface area contributed by atoms with Crippen LogP contribution in [0.25, 0.3) is 11.0 Å². The molecule has 0 amide bonds. The highest BCUT2D eigenvalue weighted by Crippen LogP contribution is 2.39. The molecule has 0 radical (unpaired) electrons. The standard InChI is InChI=1S/C18H17ClN8/c19-12-5-11(17-14(6-12)22-9-23-17)8-21-18-20-4-3-15(25-18)24-16-7-13(26-27-16)10-1-2-10/h3-7,9-10H,1-2,8H2,(H,22,23)(H3,20,21,24,25,26,27). The van der Waals surface area contributed by atoms with Crippen molar-refractivity contribution in [1.29, 1.82) is 0 Å². The molecule has 3 aromatic heterocycles. The van der Waals surface area contributed by atoms with Gasteiger partial charge in [0.25, 0.3) is 0 Å². The van der Waals surface area contributed by atoms with E-state index in [1.165, 1.54) is 18.5 Å². The molecule has 136 valence electrons. The summed E-state index contributed by atoms with van der Waals surface area (Å²) in [7, 11) is 0. The monoisotopic (exact) mass is 380 g/mol. The van der Waals surface area contributed by atoms with E-state index in [1.54, 1.807) is 12.5 Å². The normalized spacial score (nSPS) is 13.8. The molecule has 0 spiro atoms. The van der Waals surface area contributed by atoms with Crippen LogP contribution < -0.4 is 10.6 Å². The number of imidazole rings is 1. The Balaban J connectivity index is 1.30. The number of halogens is 1. The van der Waals surface area contributed by atoms with Crippen molar-refractivity contribution < 1.29 is 0 Å². The number of nitrogens with one attached hydrogen (secondary N) is 4. The maximum atomic E-state index is 6.18. The third kappa shape index (κ3) is 3.43. The summed E-state index contributed by atoms with van der Waals surface area (Å²) in [5.74, 6) is 2.58. The molecule has 4 N–H and O–H groups in total. The van der Waals surface area contributed by atoms with Gasteiger partial charge in [-0.3, -0.25) is 5.10 Å². The Morgan fingerprint density at radius 3 is 2.96 bits per heavy atom. The van der Waals surface area contributed by atoms with Crippen LogP contribution in [-0.4, -0.2) is 30.1 Å². The van der Waals surface area contributed by atoms with Gasteiger partial charge in [-0.1, -0.05) is 11.6 Å². The minimum Gasteiger partial charge on any atom is -0.350 e. The van der Waals surface area contributed by atoms with Gasteiger partial charge in [-0.05, 0) is 31.0 Å². The van der Waals surface area contributed by atoms with Gasteiger partial charge in [0.15, 0.2) is 5.82 Å². The molecule has 4 aromatic rings. The highest BCUT2D eigenvalue weighted by atomic mass is 35.5. The van der Waals surface area contributed by atoms with Gasteiger partial charge >= 0.3 is 0 Å². The Hall–Kier alpha value is -3.13. The van der Waals surface area contributed by atoms with Crippen LogP contribution in [-0.2, 0) is 6.54 Å². The van der Waals surface area contributed by atoms with Crippen molar-refractivity contribution in [3.05, 3.63) is 53.1 Å². The number of benzene rings is 1. The van der Waals surface area contributed by atoms with Crippen molar-refractivity contribution in [3.8, 4) is 0 Å². The SMILES string of the molecule is Clc1cc(CNc2nccc(Nc3cc(C4CC4)[nH]n3)n2)c2nc[nH]c2c1. The molecule has 1 aliphatic rings. The maximum absolute atomic E-state index is 6.18. The van der Waals surface area contributed by atoms with Crippen LogP contribution in [0.4, 0.5) is 17.6 Å². The molecule has 9 heteroatoms. The molecule has 0 saturated heterocycles. The van der Waals surface area contributed by atoms with E-state index in [0.29, 0.717) is 29.3 Å². The Bertz CT molecular complexity index is 1100. The van der Waals surface area contributed by atoms with E-state index in [2.05, 4.69) is 40.8 Å². The zero-order valence-electron chi connectivity index (χ0n) is 14.3. The predicted molar refractivity (Wildman–Crippen MR) is 104 cm³/mol. The first-order chi connectivity index (χ1) is 13.2. The fourth-order valence-corrected chi connectivity index (χ4v) is 3.28. The average molecular weight is 381 g/mol. The Morgan fingerprint density at radius 1 is 1.15 bits per heavy atom. The summed E-state index contributed by atoms with van der Waals surface area (Å²) < 4.78 is 0. The summed E-state index contributed by atoms with van der Waals surface area (Å²) in [6, 6.07) is 7.59. The summed E-state index contributed by atoms with van der Waals surface area (Å²) >= 11 is 6.18. The zero-order valence-corrected chi connectivity index (χ0v) is 15.1. The number of aromatic nitrogens is 6. The number of hydrogen-bond donors (Lipinski definition) is 4. The third-order valence-corrected chi connectivity index (χ3v) is 4.75. The number of nitrogens with zero attached hydrogens (tertiary/aromatic N) is 4. The van der Waals surface area contributed by atoms with Crippen molar-refractivity contribution >= 4 is 40.2 Å². The average Bonchev–Trinajstić information content (AvgIpc) is 3.22. The molecule has 0 bridgehead atoms. The summed E-state index contributed by atoms with van der Waals surface area (Å²) in [5.41, 5.74) is 3.93. The van der Waals surface area contributed by atoms with Gasteiger partial charge in [0, 0.05) is 41.0 Å². The van der Waals surface area contributed by atoms with Crippen LogP contribution in [0.15, 0.2) is 36.8 Å². The number of H-pyrrole nitrogens is 2. The number of aromatic amines is 2. The number of rotatable bonds is 6. The second-order valence-corrected chi connectivity index (χ2v) is 7.03. The first-order valence-electron chi connectivity index (χ1n) is 8.75. The van der Waals surface area contributed by atoms with Crippen molar-refractivity contribution in [2.45, 2.75) is 25.3 Å². The molecular formula is C18H17ClN8. The molecule has 3 heterocycles. The van der Waals surface area contributed by atoms with Gasteiger partial charge in [-0.25, -0.2) is 9.97 Å². The van der Waals surface area contributed by atoms with Crippen molar-refractivity contribution in [2.75, 3.05) is 10.6 Å². The van der Waals surface area contributed by atoms with Gasteiger partial charge in [-0.15, -0.1) is 0 Å². The van der Waals surface area contributed by atoms with E-state index in [-0.39, 0.29) is 0 Å². The Labute approximate surface area is 159 Å². The number of anilines is 3. The fraction of sp³-hybridized carbons (Fsp3) is 0.222. The van der Waals surface area contributed by atoms with E-state index in [9.17, 15) is 0 Å². The summed E-state index contributed by atoms with van der Waals surface area (Å²) in [4.78, 5) is 16.2. The van der Waals surface area contributed by atoms with Gasteiger partial charge < -0.3 is 15.6 Å². The Morgan fingerprint density at radius 2 is 2.07 bits per heavy atom. The lowest BCUT2D eigenvalue weighted by Crippen LogP contribution is -2.05. The summed E-state index contributed by atoms with van der Waals surface area (Å²) in [5, 5.41) is 14.5. The molecule has 1 saturated carbocycles. The van der Waals surface area contributed by atoms with Gasteiger partial charge in [-0.2, -0.15) is 10.1 Å². The van der Waals surface area contributed by atoms with Crippen LogP contribution in [0, 0.1) is 0 Å². The van der Waals surface area contributed by atoms with Crippen LogP contribution in [0.1, 0.15) is 30.0 Å². The van der Waals surface area contributed by atoms with Gasteiger partial charge in [0.2, 0.25) is 5.95 Å². The molecular weight excluding hydrogens is 364 g/mol. The van der Waals surface area contributed by atoms with Crippen molar-refractivity contribution in [1.82, 2.24) is 30.1 Å². The lowest BCUT2D eigenvalue weighted by atomic mass is 10.2. The lowest BCUT2D eigenvalue weighted by molar-refractivity contribution is 0.966. The predicted octanol–water partition coefficient (Wildman–Crippen LogP) is 3.96. The molecule has 0 atom stereocenters. The second-order valence-electron chi connectivity index (χ2n) is 6.59. The van der Waals surface area contributed by atoms with Gasteiger partial charge in [0.1, 0.15) is 5.82 Å². The molecule has 1 fully saturated rings. The molecule has 1 aromatic carbocycles. The molecule has 0 unspecified atom stereocenters. The largest absolute Gasteiger partial charge is 0.350 e. The smallest absolute Gasteiger partial charge is 0.224 e. The van der Waals surface area contributed by atoms with E-state index in [0.717, 1.165) is 22.4 Å². The number of fused-ring (bicyclic) bond motifs is 1. The lowest BCUT2D eigenvalue weighted by Gasteiger charge is -2.08. The van der Waals surface area contributed by atoms with E-state index in [4.69, 9.17) is 11.6 Å². The van der Waals surface area contributed by atoms with Gasteiger partial charge in [0.05, 0.1) is 17.4 Å². The first kappa shape index (κ1) is 16.1. The molecule has 0 aliphatic heterocycles. The molecule has 1 aliphatic carbocycles. The van der Waals surface area contributed by atoms with E-state index < -0.39 is 0 Å². The topological polar surface area (TPSA) is 107 Å². The summed E-state index contributed by atoms with van der Waals surface area (Å²) in [6.07, 6.45) is 5.82. The van der Waals surface area contributed by atoms with Crippen LogP contribution >= 0.6 is 11.6 Å². The highest BCUT2D eigenvalue weighted by molar-refractivity contribution is 6.31. The Kier molecular flexibility index (Phi) is 3.90. The minimum atomic E-state index is 0.513. The zero-order chi connectivity index (χ0) is 18.2. The van der Waals surface area contributed by atoms with Crippen LogP contribution in [0.5, 0.6) is 0 Å². The number of hydrogen-bond acceptors (Lipinski definition) is 6. The molecule has 8 nitrogen and oxygen atoms in total. The van der Waals surface area contributed by atoms with Crippen LogP contribution in [0.3, 0.4) is 0 Å². The van der Waals surface area contributed by atoms with E-state index >= 15 is 0 Å². The van der Waals surface area contributed by atoms with Crippen molar-refractivity contribution in [2.24, 2.45) is 0 Å². The van der Waals surface area contributed by atoms with Crippen LogP contribution in [0.2, 0.25) is 5.02 Å². The second kappa shape index (κ2) is 6.55. The quantitative estimate of drug-likeness (QED) is 0.403. The minimum absolute atomic E-state index is 0.513. The molecule has 5 rings (SSSR count). The van der Waals surface area contributed by atoms with Crippen molar-refractivity contribution in [3.63, 3.8) is 0 Å². The maximum Gasteiger partial charge on any atom is 0.224 e.